The summed E-state index contributed by atoms with van der Waals surface area (Å²) in [7, 11) is 1.81. The molecule has 0 unspecified atom stereocenters. The highest BCUT2D eigenvalue weighted by Crippen LogP contribution is 2.20. The minimum Gasteiger partial charge on any atom is -0.293 e. The van der Waals surface area contributed by atoms with Gasteiger partial charge in [-0.25, -0.2) is 4.98 Å². The zero-order chi connectivity index (χ0) is 15.1. The van der Waals surface area contributed by atoms with Gasteiger partial charge in [0.1, 0.15) is 0 Å². The summed E-state index contributed by atoms with van der Waals surface area (Å²) < 4.78 is 4.12. The number of benzene rings is 1. The van der Waals surface area contributed by atoms with Crippen LogP contribution in [0.25, 0.3) is 10.9 Å². The van der Waals surface area contributed by atoms with Gasteiger partial charge in [-0.2, -0.15) is 5.10 Å². The van der Waals surface area contributed by atoms with Gasteiger partial charge in [-0.05, 0) is 25.1 Å². The minimum atomic E-state index is -0.0950. The van der Waals surface area contributed by atoms with Crippen LogP contribution in [-0.4, -0.2) is 19.3 Å². The van der Waals surface area contributed by atoms with Crippen molar-refractivity contribution < 1.29 is 0 Å². The number of nitrogens with zero attached hydrogens (tertiary/aromatic N) is 4. The molecule has 5 nitrogen and oxygen atoms in total. The van der Waals surface area contributed by atoms with E-state index in [1.807, 2.05) is 26.1 Å². The summed E-state index contributed by atoms with van der Waals surface area (Å²) in [5, 5.41) is 5.42. The number of aromatic nitrogens is 4. The third kappa shape index (κ3) is 2.49. The minimum absolute atomic E-state index is 0.0950. The van der Waals surface area contributed by atoms with Gasteiger partial charge in [0, 0.05) is 11.5 Å². The molecule has 0 spiro atoms. The molecule has 0 aliphatic rings. The number of hydrogen-bond donors (Lipinski definition) is 0. The van der Waals surface area contributed by atoms with E-state index < -0.39 is 0 Å². The quantitative estimate of drug-likeness (QED) is 0.700. The molecule has 108 valence electrons. The predicted molar refractivity (Wildman–Crippen MR) is 85.8 cm³/mol. The van der Waals surface area contributed by atoms with Gasteiger partial charge in [-0.1, -0.05) is 27.5 Å². The van der Waals surface area contributed by atoms with Crippen LogP contribution in [0.3, 0.4) is 0 Å². The molecule has 3 aromatic rings. The summed E-state index contributed by atoms with van der Waals surface area (Å²) in [6.45, 7) is 2.18. The molecule has 1 aromatic carbocycles. The summed E-state index contributed by atoms with van der Waals surface area (Å²) in [6.07, 6.45) is 1.54. The second-order valence-corrected chi connectivity index (χ2v) is 6.10. The van der Waals surface area contributed by atoms with Crippen molar-refractivity contribution in [2.24, 2.45) is 7.05 Å². The van der Waals surface area contributed by atoms with Crippen molar-refractivity contribution in [3.63, 3.8) is 0 Å². The van der Waals surface area contributed by atoms with Gasteiger partial charge in [0.05, 0.1) is 40.2 Å². The highest BCUT2D eigenvalue weighted by atomic mass is 79.9. The molecule has 0 amide bonds. The molecule has 2 aromatic heterocycles. The van der Waals surface area contributed by atoms with Crippen molar-refractivity contribution in [2.45, 2.75) is 13.5 Å². The van der Waals surface area contributed by atoms with Crippen LogP contribution in [0.2, 0.25) is 5.02 Å². The fourth-order valence-electron chi connectivity index (χ4n) is 2.26. The van der Waals surface area contributed by atoms with E-state index in [1.165, 1.54) is 6.33 Å². The highest BCUT2D eigenvalue weighted by molar-refractivity contribution is 9.10. The molecule has 0 saturated carbocycles. The molecule has 0 saturated heterocycles. The Hall–Kier alpha value is -1.66. The predicted octanol–water partition coefficient (Wildman–Crippen LogP) is 2.90. The van der Waals surface area contributed by atoms with Crippen molar-refractivity contribution in [2.75, 3.05) is 0 Å². The summed E-state index contributed by atoms with van der Waals surface area (Å²) in [4.78, 5) is 16.8. The molecule has 3 rings (SSSR count). The van der Waals surface area contributed by atoms with Gasteiger partial charge in [-0.15, -0.1) is 0 Å². The van der Waals surface area contributed by atoms with Crippen molar-refractivity contribution >= 4 is 38.4 Å². The molecular weight excluding hydrogens is 356 g/mol. The van der Waals surface area contributed by atoms with E-state index in [9.17, 15) is 4.79 Å². The smallest absolute Gasteiger partial charge is 0.261 e. The van der Waals surface area contributed by atoms with E-state index in [-0.39, 0.29) is 5.56 Å². The van der Waals surface area contributed by atoms with Crippen LogP contribution in [0.4, 0.5) is 0 Å². The Morgan fingerprint density at radius 1 is 1.38 bits per heavy atom. The second-order valence-electron chi connectivity index (χ2n) is 4.81. The van der Waals surface area contributed by atoms with Crippen molar-refractivity contribution in [3.8, 4) is 0 Å². The lowest BCUT2D eigenvalue weighted by Crippen LogP contribution is -2.22. The zero-order valence-electron chi connectivity index (χ0n) is 11.5. The largest absolute Gasteiger partial charge is 0.293 e. The normalized spacial score (nSPS) is 11.2. The fraction of sp³-hybridized carbons (Fsp3) is 0.214. The number of rotatable bonds is 2. The van der Waals surface area contributed by atoms with E-state index >= 15 is 0 Å². The Morgan fingerprint density at radius 2 is 2.14 bits per heavy atom. The first-order chi connectivity index (χ1) is 9.97. The van der Waals surface area contributed by atoms with E-state index in [0.29, 0.717) is 22.5 Å². The van der Waals surface area contributed by atoms with E-state index in [2.05, 4.69) is 26.0 Å². The van der Waals surface area contributed by atoms with Crippen molar-refractivity contribution in [3.05, 3.63) is 55.8 Å². The van der Waals surface area contributed by atoms with Crippen LogP contribution in [-0.2, 0) is 13.6 Å². The number of fused-ring (bicyclic) bond motifs is 1. The summed E-state index contributed by atoms with van der Waals surface area (Å²) in [6, 6.07) is 5.42. The lowest BCUT2D eigenvalue weighted by molar-refractivity contribution is 0.648. The summed E-state index contributed by atoms with van der Waals surface area (Å²) in [5.41, 5.74) is 2.11. The van der Waals surface area contributed by atoms with Crippen LogP contribution in [0.1, 0.15) is 11.4 Å². The molecule has 2 heterocycles. The first kappa shape index (κ1) is 14.3. The van der Waals surface area contributed by atoms with Gasteiger partial charge in [0.2, 0.25) is 0 Å². The molecular formula is C14H12BrClN4O. The Bertz CT molecular complexity index is 900. The SMILES string of the molecule is Cc1nn(C)c(Cn2cnc3cc(Br)ccc3c2=O)c1Cl. The van der Waals surface area contributed by atoms with Crippen molar-refractivity contribution in [1.82, 2.24) is 19.3 Å². The van der Waals surface area contributed by atoms with Gasteiger partial charge < -0.3 is 0 Å². The molecule has 21 heavy (non-hydrogen) atoms. The maximum Gasteiger partial charge on any atom is 0.261 e. The third-order valence-corrected chi connectivity index (χ3v) is 4.35. The van der Waals surface area contributed by atoms with Gasteiger partial charge >= 0.3 is 0 Å². The van der Waals surface area contributed by atoms with Crippen LogP contribution in [0.5, 0.6) is 0 Å². The Kier molecular flexibility index (Phi) is 3.59. The van der Waals surface area contributed by atoms with Gasteiger partial charge in [0.25, 0.3) is 5.56 Å². The average Bonchev–Trinajstić information content (AvgIpc) is 2.68. The average molecular weight is 368 g/mol. The molecule has 0 aliphatic carbocycles. The topological polar surface area (TPSA) is 52.7 Å². The molecule has 0 aliphatic heterocycles. The highest BCUT2D eigenvalue weighted by Gasteiger charge is 2.13. The maximum absolute atomic E-state index is 12.5. The van der Waals surface area contributed by atoms with Gasteiger partial charge in [-0.3, -0.25) is 14.0 Å². The summed E-state index contributed by atoms with van der Waals surface area (Å²) >= 11 is 9.60. The lowest BCUT2D eigenvalue weighted by Gasteiger charge is -2.07. The number of aryl methyl sites for hydroxylation is 2. The number of hydrogen-bond acceptors (Lipinski definition) is 3. The molecule has 7 heteroatoms. The third-order valence-electron chi connectivity index (χ3n) is 3.37. The Morgan fingerprint density at radius 3 is 2.81 bits per heavy atom. The monoisotopic (exact) mass is 366 g/mol. The molecule has 0 bridgehead atoms. The second kappa shape index (κ2) is 5.27. The van der Waals surface area contributed by atoms with Gasteiger partial charge in [0.15, 0.2) is 0 Å². The molecule has 0 atom stereocenters. The standard InChI is InChI=1S/C14H12BrClN4O/c1-8-13(16)12(19(2)18-8)6-20-7-17-11-5-9(15)3-4-10(11)14(20)21/h3-5,7H,6H2,1-2H3. The maximum atomic E-state index is 12.5. The van der Waals surface area contributed by atoms with Crippen LogP contribution < -0.4 is 5.56 Å². The first-order valence-corrected chi connectivity index (χ1v) is 7.47. The fourth-order valence-corrected chi connectivity index (χ4v) is 2.83. The van der Waals surface area contributed by atoms with E-state index in [1.54, 1.807) is 15.3 Å². The molecule has 0 fully saturated rings. The van der Waals surface area contributed by atoms with E-state index in [4.69, 9.17) is 11.6 Å². The Balaban J connectivity index is 2.11. The Labute approximate surface area is 134 Å². The van der Waals surface area contributed by atoms with Crippen LogP contribution in [0.15, 0.2) is 33.8 Å². The molecule has 0 radical (unpaired) electrons. The van der Waals surface area contributed by atoms with E-state index in [0.717, 1.165) is 15.9 Å². The number of halogens is 2. The van der Waals surface area contributed by atoms with Crippen LogP contribution >= 0.6 is 27.5 Å². The van der Waals surface area contributed by atoms with Crippen molar-refractivity contribution in [1.29, 1.82) is 0 Å². The molecule has 0 N–H and O–H groups in total. The zero-order valence-corrected chi connectivity index (χ0v) is 13.8. The lowest BCUT2D eigenvalue weighted by atomic mass is 10.2. The summed E-state index contributed by atoms with van der Waals surface area (Å²) in [5.74, 6) is 0. The van der Waals surface area contributed by atoms with Crippen LogP contribution in [0, 0.1) is 6.92 Å². The first-order valence-electron chi connectivity index (χ1n) is 6.30.